The highest BCUT2D eigenvalue weighted by atomic mass is 79.9. The molecule has 1 aliphatic heterocycles. The van der Waals surface area contributed by atoms with Crippen molar-refractivity contribution >= 4 is 21.8 Å². The molecule has 6 nitrogen and oxygen atoms in total. The lowest BCUT2D eigenvalue weighted by Gasteiger charge is -2.39. The van der Waals surface area contributed by atoms with Crippen LogP contribution in [0.15, 0.2) is 59.5 Å². The third-order valence-corrected chi connectivity index (χ3v) is 5.91. The molecular formula is C23H23BrN4O2. The molecule has 3 aromatic rings. The number of carbonyl (C=O) groups is 1. The molecule has 2 aromatic heterocycles. The van der Waals surface area contributed by atoms with Crippen molar-refractivity contribution in [3.8, 4) is 17.3 Å². The predicted octanol–water partition coefficient (Wildman–Crippen LogP) is 4.68. The van der Waals surface area contributed by atoms with Crippen LogP contribution in [0.25, 0.3) is 11.4 Å². The van der Waals surface area contributed by atoms with Crippen LogP contribution in [-0.2, 0) is 0 Å². The van der Waals surface area contributed by atoms with Gasteiger partial charge in [0.2, 0.25) is 5.88 Å². The largest absolute Gasteiger partial charge is 0.472 e. The first-order chi connectivity index (χ1) is 14.5. The first kappa shape index (κ1) is 20.5. The van der Waals surface area contributed by atoms with Crippen LogP contribution in [0.1, 0.15) is 35.7 Å². The minimum atomic E-state index is -0.113. The van der Waals surface area contributed by atoms with Crippen molar-refractivity contribution in [1.82, 2.24) is 19.9 Å². The monoisotopic (exact) mass is 466 g/mol. The van der Waals surface area contributed by atoms with Crippen molar-refractivity contribution in [2.24, 2.45) is 0 Å². The highest BCUT2D eigenvalue weighted by molar-refractivity contribution is 9.10. The van der Waals surface area contributed by atoms with E-state index in [1.165, 1.54) is 0 Å². The molecule has 154 valence electrons. The maximum Gasteiger partial charge on any atom is 0.254 e. The Morgan fingerprint density at radius 3 is 2.67 bits per heavy atom. The zero-order valence-corrected chi connectivity index (χ0v) is 18.5. The molecule has 1 amide bonds. The fourth-order valence-electron chi connectivity index (χ4n) is 3.86. The molecule has 0 bridgehead atoms. The second kappa shape index (κ2) is 8.92. The summed E-state index contributed by atoms with van der Waals surface area (Å²) < 4.78 is 7.03. The Morgan fingerprint density at radius 1 is 1.13 bits per heavy atom. The fraction of sp³-hybridized carbons (Fsp3) is 0.304. The van der Waals surface area contributed by atoms with Gasteiger partial charge in [-0.25, -0.2) is 15.0 Å². The van der Waals surface area contributed by atoms with E-state index in [1.54, 1.807) is 24.7 Å². The third-order valence-electron chi connectivity index (χ3n) is 5.44. The molecule has 7 heteroatoms. The van der Waals surface area contributed by atoms with Gasteiger partial charge in [-0.05, 0) is 66.4 Å². The zero-order chi connectivity index (χ0) is 21.1. The van der Waals surface area contributed by atoms with E-state index in [1.807, 2.05) is 49.1 Å². The molecule has 0 aliphatic carbocycles. The van der Waals surface area contributed by atoms with Crippen molar-refractivity contribution in [2.45, 2.75) is 38.8 Å². The van der Waals surface area contributed by atoms with Crippen molar-refractivity contribution in [3.63, 3.8) is 0 Å². The quantitative estimate of drug-likeness (QED) is 0.558. The molecule has 2 atom stereocenters. The maximum absolute atomic E-state index is 13.6. The number of rotatable bonds is 4. The number of aromatic nitrogens is 3. The van der Waals surface area contributed by atoms with E-state index in [-0.39, 0.29) is 18.1 Å². The normalized spacial score (nSPS) is 18.8. The Kier molecular flexibility index (Phi) is 6.08. The Balaban J connectivity index is 1.60. The van der Waals surface area contributed by atoms with Crippen LogP contribution >= 0.6 is 15.9 Å². The minimum absolute atomic E-state index is 0.0225. The molecule has 3 heterocycles. The van der Waals surface area contributed by atoms with Crippen molar-refractivity contribution in [3.05, 3.63) is 70.6 Å². The highest BCUT2D eigenvalue weighted by Gasteiger charge is 2.34. The van der Waals surface area contributed by atoms with E-state index in [9.17, 15) is 4.79 Å². The summed E-state index contributed by atoms with van der Waals surface area (Å²) >= 11 is 3.39. The van der Waals surface area contributed by atoms with Crippen LogP contribution < -0.4 is 4.74 Å². The predicted molar refractivity (Wildman–Crippen MR) is 118 cm³/mol. The van der Waals surface area contributed by atoms with Crippen LogP contribution in [-0.4, -0.2) is 44.4 Å². The summed E-state index contributed by atoms with van der Waals surface area (Å²) in [6, 6.07) is 11.2. The molecule has 0 spiro atoms. The van der Waals surface area contributed by atoms with Crippen molar-refractivity contribution in [2.75, 3.05) is 6.54 Å². The SMILES string of the molecule is Cc1cccc(C(=O)N2CCCC(Oc3ccc(Br)cn3)C2C)c1-c1ncccn1. The minimum Gasteiger partial charge on any atom is -0.472 e. The summed E-state index contributed by atoms with van der Waals surface area (Å²) in [5.41, 5.74) is 2.38. The van der Waals surface area contributed by atoms with Gasteiger partial charge in [0.1, 0.15) is 6.10 Å². The van der Waals surface area contributed by atoms with E-state index in [2.05, 4.69) is 30.9 Å². The summed E-state index contributed by atoms with van der Waals surface area (Å²) in [7, 11) is 0. The first-order valence-corrected chi connectivity index (χ1v) is 10.8. The number of pyridine rings is 1. The second-order valence-corrected chi connectivity index (χ2v) is 8.34. The van der Waals surface area contributed by atoms with Gasteiger partial charge in [-0.15, -0.1) is 0 Å². The average Bonchev–Trinajstić information content (AvgIpc) is 2.76. The van der Waals surface area contributed by atoms with Gasteiger partial charge in [-0.3, -0.25) is 4.79 Å². The molecule has 30 heavy (non-hydrogen) atoms. The van der Waals surface area contributed by atoms with Gasteiger partial charge in [-0.2, -0.15) is 0 Å². The van der Waals surface area contributed by atoms with Crippen molar-refractivity contribution < 1.29 is 9.53 Å². The number of benzene rings is 1. The van der Waals surface area contributed by atoms with Crippen molar-refractivity contribution in [1.29, 1.82) is 0 Å². The fourth-order valence-corrected chi connectivity index (χ4v) is 4.10. The zero-order valence-electron chi connectivity index (χ0n) is 17.0. The third kappa shape index (κ3) is 4.21. The summed E-state index contributed by atoms with van der Waals surface area (Å²) in [4.78, 5) is 28.6. The number of piperidine rings is 1. The van der Waals surface area contributed by atoms with E-state index < -0.39 is 0 Å². The van der Waals surface area contributed by atoms with E-state index >= 15 is 0 Å². The van der Waals surface area contributed by atoms with E-state index in [0.717, 1.165) is 28.4 Å². The average molecular weight is 467 g/mol. The molecule has 0 saturated carbocycles. The number of carbonyl (C=O) groups excluding carboxylic acids is 1. The summed E-state index contributed by atoms with van der Waals surface area (Å²) in [5.74, 6) is 1.11. The Hall–Kier alpha value is -2.80. The van der Waals surface area contributed by atoms with Gasteiger partial charge in [0, 0.05) is 41.2 Å². The molecular weight excluding hydrogens is 444 g/mol. The lowest BCUT2D eigenvalue weighted by Crippen LogP contribution is -2.51. The number of nitrogens with zero attached hydrogens (tertiary/aromatic N) is 4. The smallest absolute Gasteiger partial charge is 0.254 e. The standard InChI is InChI=1S/C23H23BrN4O2/c1-15-6-3-7-18(21(15)22-25-11-5-12-26-22)23(29)28-13-4-8-19(16(28)2)30-20-10-9-17(24)14-27-20/h3,5-7,9-12,14,16,19H,4,8,13H2,1-2H3. The van der Waals surface area contributed by atoms with Gasteiger partial charge in [0.05, 0.1) is 11.6 Å². The van der Waals surface area contributed by atoms with Crippen LogP contribution in [0.3, 0.4) is 0 Å². The molecule has 0 radical (unpaired) electrons. The Labute approximate surface area is 184 Å². The first-order valence-electron chi connectivity index (χ1n) is 10.0. The van der Waals surface area contributed by atoms with E-state index in [0.29, 0.717) is 23.8 Å². The number of amides is 1. The van der Waals surface area contributed by atoms with Gasteiger partial charge in [-0.1, -0.05) is 12.1 Å². The summed E-state index contributed by atoms with van der Waals surface area (Å²) in [6.07, 6.45) is 6.75. The van der Waals surface area contributed by atoms with Gasteiger partial charge in [0.25, 0.3) is 5.91 Å². The van der Waals surface area contributed by atoms with Gasteiger partial charge < -0.3 is 9.64 Å². The molecule has 2 unspecified atom stereocenters. The van der Waals surface area contributed by atoms with Gasteiger partial charge >= 0.3 is 0 Å². The highest BCUT2D eigenvalue weighted by Crippen LogP contribution is 2.29. The number of aryl methyl sites for hydroxylation is 1. The number of ether oxygens (including phenoxy) is 1. The maximum atomic E-state index is 13.6. The Bertz CT molecular complexity index is 1030. The lowest BCUT2D eigenvalue weighted by molar-refractivity contribution is 0.0267. The van der Waals surface area contributed by atoms with Gasteiger partial charge in [0.15, 0.2) is 5.82 Å². The van der Waals surface area contributed by atoms with Crippen LogP contribution in [0, 0.1) is 6.92 Å². The van der Waals surface area contributed by atoms with Crippen LogP contribution in [0.2, 0.25) is 0 Å². The summed E-state index contributed by atoms with van der Waals surface area (Å²) in [6.45, 7) is 4.71. The number of hydrogen-bond donors (Lipinski definition) is 0. The molecule has 1 aromatic carbocycles. The summed E-state index contributed by atoms with van der Waals surface area (Å²) in [5, 5.41) is 0. The van der Waals surface area contributed by atoms with Crippen LogP contribution in [0.4, 0.5) is 0 Å². The van der Waals surface area contributed by atoms with Crippen LogP contribution in [0.5, 0.6) is 5.88 Å². The number of halogens is 1. The second-order valence-electron chi connectivity index (χ2n) is 7.42. The number of likely N-dealkylation sites (tertiary alicyclic amines) is 1. The number of hydrogen-bond acceptors (Lipinski definition) is 5. The van der Waals surface area contributed by atoms with E-state index in [4.69, 9.17) is 4.74 Å². The molecule has 4 rings (SSSR count). The molecule has 1 saturated heterocycles. The molecule has 0 N–H and O–H groups in total. The topological polar surface area (TPSA) is 68.2 Å². The Morgan fingerprint density at radius 2 is 1.93 bits per heavy atom. The molecule has 1 aliphatic rings. The lowest BCUT2D eigenvalue weighted by atomic mass is 9.95. The molecule has 1 fully saturated rings.